The van der Waals surface area contributed by atoms with Crippen LogP contribution in [0.2, 0.25) is 0 Å². The van der Waals surface area contributed by atoms with Crippen LogP contribution in [0.3, 0.4) is 0 Å². The number of quaternary nitrogens is 2. The molecule has 0 saturated heterocycles. The van der Waals surface area contributed by atoms with E-state index in [1.54, 1.807) is 0 Å². The van der Waals surface area contributed by atoms with Crippen molar-refractivity contribution in [2.24, 2.45) is 0 Å². The Labute approximate surface area is 293 Å². The van der Waals surface area contributed by atoms with Crippen molar-refractivity contribution in [1.82, 2.24) is 0 Å². The quantitative estimate of drug-likeness (QED) is 0.114. The lowest BCUT2D eigenvalue weighted by atomic mass is 10.1. The molecule has 0 aliphatic carbocycles. The molecular weight excluding hydrogens is 676 g/mol. The van der Waals surface area contributed by atoms with Gasteiger partial charge >= 0.3 is 0 Å². The highest BCUT2D eigenvalue weighted by Crippen LogP contribution is 2.27. The monoisotopic (exact) mass is 740 g/mol. The van der Waals surface area contributed by atoms with Crippen LogP contribution in [0.5, 0.6) is 11.5 Å². The zero-order valence-corrected chi connectivity index (χ0v) is 32.4. The zero-order chi connectivity index (χ0) is 30.5. The number of unbranched alkanes of at least 4 members (excludes halogenated alkanes) is 10. The predicted molar refractivity (Wildman–Crippen MR) is 183 cm³/mol. The fourth-order valence-electron chi connectivity index (χ4n) is 5.76. The summed E-state index contributed by atoms with van der Waals surface area (Å²) in [5.74, 6) is 1.90. The Morgan fingerprint density at radius 3 is 1.18 bits per heavy atom. The van der Waals surface area contributed by atoms with Crippen LogP contribution in [-0.2, 0) is 0 Å². The van der Waals surface area contributed by atoms with Gasteiger partial charge < -0.3 is 52.4 Å². The minimum Gasteiger partial charge on any atom is -1.00 e. The molecular formula is C38H66Br2N2O2. The van der Waals surface area contributed by atoms with Crippen molar-refractivity contribution in [1.29, 1.82) is 0 Å². The largest absolute Gasteiger partial charge is 1.00 e. The molecule has 0 heterocycles. The van der Waals surface area contributed by atoms with Crippen molar-refractivity contribution in [3.05, 3.63) is 48.5 Å². The Morgan fingerprint density at radius 2 is 0.795 bits per heavy atom. The highest BCUT2D eigenvalue weighted by atomic mass is 79.9. The summed E-state index contributed by atoms with van der Waals surface area (Å²) in [6.07, 6.45) is 18.5. The summed E-state index contributed by atoms with van der Waals surface area (Å²) in [5.41, 5.74) is 2.35. The maximum Gasteiger partial charge on any atom is 0.119 e. The second kappa shape index (κ2) is 25.1. The van der Waals surface area contributed by atoms with E-state index in [2.05, 4.69) is 90.6 Å². The van der Waals surface area contributed by atoms with E-state index in [9.17, 15) is 0 Å². The average molecular weight is 743 g/mol. The molecule has 0 bridgehead atoms. The normalized spacial score (nSPS) is 11.5. The van der Waals surface area contributed by atoms with Gasteiger partial charge in [-0.2, -0.15) is 0 Å². The molecule has 0 unspecified atom stereocenters. The van der Waals surface area contributed by atoms with Gasteiger partial charge in [0.2, 0.25) is 0 Å². The fourth-order valence-corrected chi connectivity index (χ4v) is 5.76. The molecule has 0 N–H and O–H groups in total. The van der Waals surface area contributed by atoms with Crippen LogP contribution in [-0.4, -0.2) is 76.5 Å². The van der Waals surface area contributed by atoms with E-state index in [-0.39, 0.29) is 34.0 Å². The van der Waals surface area contributed by atoms with Crippen molar-refractivity contribution < 1.29 is 52.4 Å². The van der Waals surface area contributed by atoms with Crippen molar-refractivity contribution >= 4 is 0 Å². The molecule has 0 atom stereocenters. The Bertz CT molecular complexity index is 890. The molecule has 254 valence electrons. The summed E-state index contributed by atoms with van der Waals surface area (Å²) in [7, 11) is 9.44. The van der Waals surface area contributed by atoms with Gasteiger partial charge in [0.15, 0.2) is 0 Å². The van der Waals surface area contributed by atoms with Gasteiger partial charge in [-0.25, -0.2) is 0 Å². The van der Waals surface area contributed by atoms with Crippen molar-refractivity contribution in [2.75, 3.05) is 67.6 Å². The standard InChI is InChI=1S/C38H66N2O2.2BrH/c1-7-9-11-13-15-17-27-39(3,4)29-21-31-41-37-25-19-23-35(33-37)36-24-20-26-38(34-36)42-32-22-30-40(5,6)28-18-16-14-12-10-8-2;;/h19-20,23-26,33-34H,7-18,21-22,27-32H2,1-6H3;2*1H/q+2;;/p-2. The summed E-state index contributed by atoms with van der Waals surface area (Å²) in [4.78, 5) is 0. The molecule has 44 heavy (non-hydrogen) atoms. The van der Waals surface area contributed by atoms with Gasteiger partial charge in [-0.1, -0.05) is 89.5 Å². The second-order valence-electron chi connectivity index (χ2n) is 13.8. The van der Waals surface area contributed by atoms with Gasteiger partial charge in [-0.05, 0) is 61.1 Å². The summed E-state index contributed by atoms with van der Waals surface area (Å²) in [6.45, 7) is 10.9. The van der Waals surface area contributed by atoms with Crippen molar-refractivity contribution in [2.45, 2.75) is 104 Å². The van der Waals surface area contributed by atoms with Crippen LogP contribution in [0.1, 0.15) is 104 Å². The van der Waals surface area contributed by atoms with E-state index in [0.717, 1.165) is 59.6 Å². The summed E-state index contributed by atoms with van der Waals surface area (Å²) in [5, 5.41) is 0. The first-order chi connectivity index (χ1) is 20.2. The van der Waals surface area contributed by atoms with Crippen molar-refractivity contribution in [3.8, 4) is 22.6 Å². The van der Waals surface area contributed by atoms with Gasteiger partial charge in [0.1, 0.15) is 11.5 Å². The van der Waals surface area contributed by atoms with Gasteiger partial charge in [0, 0.05) is 12.8 Å². The van der Waals surface area contributed by atoms with E-state index < -0.39 is 0 Å². The molecule has 6 heteroatoms. The maximum absolute atomic E-state index is 6.18. The third-order valence-electron chi connectivity index (χ3n) is 8.59. The Morgan fingerprint density at radius 1 is 0.455 bits per heavy atom. The van der Waals surface area contributed by atoms with E-state index >= 15 is 0 Å². The van der Waals surface area contributed by atoms with Gasteiger partial charge in [0.05, 0.1) is 67.6 Å². The van der Waals surface area contributed by atoms with Gasteiger partial charge in [-0.3, -0.25) is 0 Å². The van der Waals surface area contributed by atoms with Gasteiger partial charge in [0.25, 0.3) is 0 Å². The maximum atomic E-state index is 6.18. The predicted octanol–water partition coefficient (Wildman–Crippen LogP) is 3.77. The second-order valence-corrected chi connectivity index (χ2v) is 13.8. The molecule has 0 aliphatic heterocycles. The highest BCUT2D eigenvalue weighted by molar-refractivity contribution is 5.66. The van der Waals surface area contributed by atoms with Crippen molar-refractivity contribution in [3.63, 3.8) is 0 Å². The number of halogens is 2. The lowest BCUT2D eigenvalue weighted by Gasteiger charge is -2.30. The minimum absolute atomic E-state index is 0. The molecule has 0 aromatic heterocycles. The molecule has 0 fully saturated rings. The number of benzene rings is 2. The molecule has 2 aromatic rings. The molecule has 2 aromatic carbocycles. The summed E-state index contributed by atoms with van der Waals surface area (Å²) >= 11 is 0. The SMILES string of the molecule is CCCCCCCC[N+](C)(C)CCCOc1cccc(-c2cccc(OCCC[N+](C)(C)CCCCCCCC)c2)c1.[Br-].[Br-]. The van der Waals surface area contributed by atoms with Crippen LogP contribution >= 0.6 is 0 Å². The Hall–Kier alpha value is -1.08. The fraction of sp³-hybridized carbons (Fsp3) is 0.684. The number of nitrogens with zero attached hydrogens (tertiary/aromatic N) is 2. The van der Waals surface area contributed by atoms with E-state index in [1.807, 2.05) is 0 Å². The Balaban J connectivity index is 0.00000924. The van der Waals surface area contributed by atoms with Crippen LogP contribution in [0, 0.1) is 0 Å². The highest BCUT2D eigenvalue weighted by Gasteiger charge is 2.15. The molecule has 0 saturated carbocycles. The first-order valence-corrected chi connectivity index (χ1v) is 17.3. The third-order valence-corrected chi connectivity index (χ3v) is 8.59. The first-order valence-electron chi connectivity index (χ1n) is 17.3. The van der Waals surface area contributed by atoms with Crippen LogP contribution in [0.15, 0.2) is 48.5 Å². The minimum atomic E-state index is 0. The number of hydrogen-bond donors (Lipinski definition) is 0. The summed E-state index contributed by atoms with van der Waals surface area (Å²) in [6, 6.07) is 17.0. The number of ether oxygens (including phenoxy) is 2. The number of hydrogen-bond acceptors (Lipinski definition) is 2. The van der Waals surface area contributed by atoms with Gasteiger partial charge in [-0.15, -0.1) is 0 Å². The molecule has 2 rings (SSSR count). The lowest BCUT2D eigenvalue weighted by molar-refractivity contribution is -0.890. The molecule has 0 amide bonds. The van der Waals surface area contributed by atoms with Crippen LogP contribution in [0.25, 0.3) is 11.1 Å². The zero-order valence-electron chi connectivity index (χ0n) is 29.2. The third kappa shape index (κ3) is 20.1. The first kappa shape index (κ1) is 42.9. The molecule has 0 spiro atoms. The smallest absolute Gasteiger partial charge is 0.119 e. The van der Waals surface area contributed by atoms with Crippen LogP contribution in [0.4, 0.5) is 0 Å². The summed E-state index contributed by atoms with van der Waals surface area (Å²) < 4.78 is 14.5. The van der Waals surface area contributed by atoms with E-state index in [1.165, 1.54) is 101 Å². The number of rotatable bonds is 25. The Kier molecular flexibility index (Phi) is 24.4. The average Bonchev–Trinajstić information content (AvgIpc) is 2.97. The van der Waals surface area contributed by atoms with E-state index in [0.29, 0.717) is 0 Å². The molecule has 0 aliphatic rings. The van der Waals surface area contributed by atoms with E-state index in [4.69, 9.17) is 9.47 Å². The van der Waals surface area contributed by atoms with Crippen LogP contribution < -0.4 is 43.4 Å². The lowest BCUT2D eigenvalue weighted by Crippen LogP contribution is -3.00. The molecule has 4 nitrogen and oxygen atoms in total. The topological polar surface area (TPSA) is 18.5 Å². The molecule has 0 radical (unpaired) electrons.